The van der Waals surface area contributed by atoms with Crippen LogP contribution in [0.4, 0.5) is 0 Å². The molecule has 1 atom stereocenters. The van der Waals surface area contributed by atoms with E-state index in [1.165, 1.54) is 0 Å². The molecule has 0 aliphatic heterocycles. The van der Waals surface area contributed by atoms with Crippen molar-refractivity contribution in [2.75, 3.05) is 25.2 Å². The van der Waals surface area contributed by atoms with Gasteiger partial charge in [-0.05, 0) is 49.6 Å². The molecule has 0 fully saturated rings. The summed E-state index contributed by atoms with van der Waals surface area (Å²) in [5, 5.41) is 13.3. The van der Waals surface area contributed by atoms with Gasteiger partial charge in [0.05, 0.1) is 5.60 Å². The minimum atomic E-state index is -0.890. The van der Waals surface area contributed by atoms with Gasteiger partial charge in [0.2, 0.25) is 0 Å². The highest BCUT2D eigenvalue weighted by molar-refractivity contribution is 7.98. The van der Waals surface area contributed by atoms with Gasteiger partial charge >= 0.3 is 0 Å². The van der Waals surface area contributed by atoms with Gasteiger partial charge in [-0.1, -0.05) is 11.6 Å². The van der Waals surface area contributed by atoms with Crippen LogP contribution in [0.3, 0.4) is 0 Å². The minimum absolute atomic E-state index is 0.0831. The van der Waals surface area contributed by atoms with Crippen LogP contribution >= 0.6 is 23.4 Å². The smallest absolute Gasteiger partial charge is 0.258 e. The molecule has 112 valence electrons. The van der Waals surface area contributed by atoms with Gasteiger partial charge in [-0.2, -0.15) is 11.8 Å². The topological polar surface area (TPSA) is 58.6 Å². The van der Waals surface area contributed by atoms with E-state index < -0.39 is 5.60 Å². The summed E-state index contributed by atoms with van der Waals surface area (Å²) in [5.41, 5.74) is -0.890. The lowest BCUT2D eigenvalue weighted by Gasteiger charge is -2.23. The van der Waals surface area contributed by atoms with Crippen molar-refractivity contribution in [1.29, 1.82) is 0 Å². The fourth-order valence-electron chi connectivity index (χ4n) is 1.43. The zero-order valence-corrected chi connectivity index (χ0v) is 13.3. The Morgan fingerprint density at radius 3 is 2.70 bits per heavy atom. The van der Waals surface area contributed by atoms with Gasteiger partial charge in [0, 0.05) is 11.6 Å². The number of hydrogen-bond donors (Lipinski definition) is 2. The van der Waals surface area contributed by atoms with Crippen molar-refractivity contribution in [3.8, 4) is 5.75 Å². The van der Waals surface area contributed by atoms with E-state index in [-0.39, 0.29) is 19.1 Å². The van der Waals surface area contributed by atoms with Crippen LogP contribution in [0.5, 0.6) is 5.75 Å². The number of hydrogen-bond acceptors (Lipinski definition) is 4. The van der Waals surface area contributed by atoms with E-state index in [0.29, 0.717) is 17.2 Å². The van der Waals surface area contributed by atoms with Crippen LogP contribution in [0.15, 0.2) is 24.3 Å². The largest absolute Gasteiger partial charge is 0.484 e. The summed E-state index contributed by atoms with van der Waals surface area (Å²) >= 11 is 7.41. The molecular weight excluding hydrogens is 298 g/mol. The molecule has 0 aliphatic carbocycles. The lowest BCUT2D eigenvalue weighted by atomic mass is 10.0. The zero-order chi connectivity index (χ0) is 15.0. The third kappa shape index (κ3) is 7.03. The van der Waals surface area contributed by atoms with Crippen molar-refractivity contribution in [2.24, 2.45) is 0 Å². The summed E-state index contributed by atoms with van der Waals surface area (Å²) in [6.07, 6.45) is 2.61. The van der Waals surface area contributed by atoms with Crippen molar-refractivity contribution in [3.63, 3.8) is 0 Å². The first-order chi connectivity index (χ1) is 9.43. The van der Waals surface area contributed by atoms with E-state index in [9.17, 15) is 9.90 Å². The predicted molar refractivity (Wildman–Crippen MR) is 83.6 cm³/mol. The number of aliphatic hydroxyl groups is 1. The number of ether oxygens (including phenoxy) is 1. The summed E-state index contributed by atoms with van der Waals surface area (Å²) in [4.78, 5) is 11.6. The molecule has 1 rings (SSSR count). The summed E-state index contributed by atoms with van der Waals surface area (Å²) < 4.78 is 5.31. The Balaban J connectivity index is 2.28. The standard InChI is InChI=1S/C14H20ClNO3S/c1-14(18,7-8-20-2)10-16-13(17)9-19-12-5-3-11(15)4-6-12/h3-6,18H,7-10H2,1-2H3,(H,16,17)/t14-/m0/s1. The number of halogens is 1. The summed E-state index contributed by atoms with van der Waals surface area (Å²) in [5.74, 6) is 1.17. The molecule has 0 bridgehead atoms. The van der Waals surface area contributed by atoms with Gasteiger partial charge in [-0.15, -0.1) is 0 Å². The van der Waals surface area contributed by atoms with E-state index in [1.807, 2.05) is 6.26 Å². The van der Waals surface area contributed by atoms with Crippen LogP contribution in [-0.4, -0.2) is 41.8 Å². The van der Waals surface area contributed by atoms with Gasteiger partial charge in [0.15, 0.2) is 6.61 Å². The van der Waals surface area contributed by atoms with Gasteiger partial charge in [0.25, 0.3) is 5.91 Å². The van der Waals surface area contributed by atoms with E-state index in [4.69, 9.17) is 16.3 Å². The van der Waals surface area contributed by atoms with Crippen LogP contribution < -0.4 is 10.1 Å². The van der Waals surface area contributed by atoms with Gasteiger partial charge < -0.3 is 15.2 Å². The van der Waals surface area contributed by atoms with Gasteiger partial charge in [0.1, 0.15) is 5.75 Å². The van der Waals surface area contributed by atoms with Gasteiger partial charge in [-0.3, -0.25) is 4.79 Å². The van der Waals surface area contributed by atoms with Crippen LogP contribution in [-0.2, 0) is 4.79 Å². The molecule has 1 amide bonds. The highest BCUT2D eigenvalue weighted by Crippen LogP contribution is 2.15. The molecule has 0 aromatic heterocycles. The number of amides is 1. The first-order valence-electron chi connectivity index (χ1n) is 6.29. The molecule has 0 radical (unpaired) electrons. The van der Waals surface area contributed by atoms with Crippen LogP contribution in [0.2, 0.25) is 5.02 Å². The van der Waals surface area contributed by atoms with Crippen molar-refractivity contribution >= 4 is 29.3 Å². The highest BCUT2D eigenvalue weighted by atomic mass is 35.5. The monoisotopic (exact) mass is 317 g/mol. The Morgan fingerprint density at radius 1 is 1.45 bits per heavy atom. The summed E-state index contributed by atoms with van der Waals surface area (Å²) in [7, 11) is 0. The Bertz CT molecular complexity index is 423. The Kier molecular flexibility index (Phi) is 7.19. The number of rotatable bonds is 8. The quantitative estimate of drug-likeness (QED) is 0.772. The number of benzene rings is 1. The van der Waals surface area contributed by atoms with E-state index in [1.54, 1.807) is 43.0 Å². The third-order valence-corrected chi connectivity index (χ3v) is 3.56. The second kappa shape index (κ2) is 8.39. The lowest BCUT2D eigenvalue weighted by Crippen LogP contribution is -2.42. The molecule has 0 saturated carbocycles. The second-order valence-electron chi connectivity index (χ2n) is 4.76. The van der Waals surface area contributed by atoms with Crippen LogP contribution in [0.1, 0.15) is 13.3 Å². The average Bonchev–Trinajstić information content (AvgIpc) is 2.42. The van der Waals surface area contributed by atoms with Crippen molar-refractivity contribution in [2.45, 2.75) is 18.9 Å². The molecule has 2 N–H and O–H groups in total. The zero-order valence-electron chi connectivity index (χ0n) is 11.7. The normalized spacial score (nSPS) is 13.6. The van der Waals surface area contributed by atoms with Crippen LogP contribution in [0, 0.1) is 0 Å². The molecular formula is C14H20ClNO3S. The molecule has 1 aromatic rings. The van der Waals surface area contributed by atoms with E-state index in [0.717, 1.165) is 5.75 Å². The molecule has 1 aromatic carbocycles. The number of thioether (sulfide) groups is 1. The summed E-state index contributed by atoms with van der Waals surface area (Å²) in [6.45, 7) is 1.85. The molecule has 0 heterocycles. The predicted octanol–water partition coefficient (Wildman–Crippen LogP) is 2.34. The Labute approximate surface area is 128 Å². The molecule has 0 spiro atoms. The molecule has 6 heteroatoms. The number of carbonyl (C=O) groups excluding carboxylic acids is 1. The van der Waals surface area contributed by atoms with E-state index in [2.05, 4.69) is 5.32 Å². The SMILES string of the molecule is CSCC[C@](C)(O)CNC(=O)COc1ccc(Cl)cc1. The maximum Gasteiger partial charge on any atom is 0.258 e. The average molecular weight is 318 g/mol. The molecule has 4 nitrogen and oxygen atoms in total. The van der Waals surface area contributed by atoms with E-state index >= 15 is 0 Å². The maximum atomic E-state index is 11.6. The molecule has 0 unspecified atom stereocenters. The summed E-state index contributed by atoms with van der Waals surface area (Å²) in [6, 6.07) is 6.79. The Morgan fingerprint density at radius 2 is 2.10 bits per heavy atom. The van der Waals surface area contributed by atoms with Crippen molar-refractivity contribution in [1.82, 2.24) is 5.32 Å². The van der Waals surface area contributed by atoms with Crippen molar-refractivity contribution in [3.05, 3.63) is 29.3 Å². The molecule has 0 aliphatic rings. The first kappa shape index (κ1) is 17.1. The Hall–Kier alpha value is -0.910. The van der Waals surface area contributed by atoms with Gasteiger partial charge in [-0.25, -0.2) is 0 Å². The fourth-order valence-corrected chi connectivity index (χ4v) is 2.20. The van der Waals surface area contributed by atoms with Crippen LogP contribution in [0.25, 0.3) is 0 Å². The third-order valence-electron chi connectivity index (χ3n) is 2.69. The number of nitrogens with one attached hydrogen (secondary N) is 1. The second-order valence-corrected chi connectivity index (χ2v) is 6.18. The molecule has 20 heavy (non-hydrogen) atoms. The molecule has 0 saturated heterocycles. The fraction of sp³-hybridized carbons (Fsp3) is 0.500. The maximum absolute atomic E-state index is 11.6. The first-order valence-corrected chi connectivity index (χ1v) is 8.06. The minimum Gasteiger partial charge on any atom is -0.484 e. The lowest BCUT2D eigenvalue weighted by molar-refractivity contribution is -0.124. The highest BCUT2D eigenvalue weighted by Gasteiger charge is 2.20. The number of carbonyl (C=O) groups is 1. The van der Waals surface area contributed by atoms with Crippen molar-refractivity contribution < 1.29 is 14.6 Å².